The Morgan fingerprint density at radius 1 is 0.762 bits per heavy atom. The van der Waals surface area contributed by atoms with Crippen LogP contribution < -0.4 is 0 Å². The summed E-state index contributed by atoms with van der Waals surface area (Å²) in [6.45, 7) is 0. The molecule has 0 aliphatic heterocycles. The predicted molar refractivity (Wildman–Crippen MR) is 82.1 cm³/mol. The maximum atomic E-state index is 9.02. The second kappa shape index (κ2) is 5.32. The molecule has 21 heavy (non-hydrogen) atoms. The second-order valence-electron chi connectivity index (χ2n) is 4.35. The van der Waals surface area contributed by atoms with E-state index >= 15 is 0 Å². The second-order valence-corrected chi connectivity index (χ2v) is 5.27. The van der Waals surface area contributed by atoms with Gasteiger partial charge in [0.2, 0.25) is 0 Å². The zero-order valence-corrected chi connectivity index (χ0v) is 12.3. The molecule has 0 aliphatic rings. The third-order valence-electron chi connectivity index (χ3n) is 3.05. The fourth-order valence-electron chi connectivity index (χ4n) is 2.03. The van der Waals surface area contributed by atoms with Crippen LogP contribution in [0.15, 0.2) is 46.9 Å². The fourth-order valence-corrected chi connectivity index (χ4v) is 2.30. The quantitative estimate of drug-likeness (QED) is 0.678. The predicted octanol–water partition coefficient (Wildman–Crippen LogP) is 3.80. The molecule has 0 fully saturated rings. The van der Waals surface area contributed by atoms with Crippen LogP contribution in [-0.4, -0.2) is 9.97 Å². The molecule has 1 heterocycles. The Hall–Kier alpha value is -2.76. The summed E-state index contributed by atoms with van der Waals surface area (Å²) >= 11 is 3.40. The highest BCUT2D eigenvalue weighted by atomic mass is 79.9. The van der Waals surface area contributed by atoms with Gasteiger partial charge in [-0.25, -0.2) is 9.97 Å². The molecule has 0 saturated heterocycles. The lowest BCUT2D eigenvalue weighted by Gasteiger charge is -2.04. The van der Waals surface area contributed by atoms with Crippen molar-refractivity contribution in [1.82, 2.24) is 9.97 Å². The summed E-state index contributed by atoms with van der Waals surface area (Å²) in [5.74, 6) is 0. The van der Waals surface area contributed by atoms with E-state index in [0.29, 0.717) is 11.0 Å². The highest BCUT2D eigenvalue weighted by molar-refractivity contribution is 9.10. The van der Waals surface area contributed by atoms with Crippen LogP contribution in [0.5, 0.6) is 0 Å². The number of hydrogen-bond acceptors (Lipinski definition) is 4. The van der Waals surface area contributed by atoms with Crippen molar-refractivity contribution in [3.05, 3.63) is 58.3 Å². The van der Waals surface area contributed by atoms with E-state index in [1.54, 1.807) is 0 Å². The Bertz CT molecular complexity index is 918. The number of halogens is 1. The molecular formula is C16H7BrN4. The molecule has 0 aliphatic carbocycles. The molecular weight excluding hydrogens is 328 g/mol. The summed E-state index contributed by atoms with van der Waals surface area (Å²) < 4.78 is 1.01. The standard InChI is InChI=1S/C16H7BrN4/c17-12-4-1-10(2-5-12)11-3-6-13-14(7-11)21-16(9-19)15(8-18)20-13/h1-7H. The first-order chi connectivity index (χ1) is 10.2. The minimum atomic E-state index is 0.0537. The molecule has 98 valence electrons. The van der Waals surface area contributed by atoms with Crippen molar-refractivity contribution in [2.75, 3.05) is 0 Å². The van der Waals surface area contributed by atoms with Crippen molar-refractivity contribution in [3.63, 3.8) is 0 Å². The van der Waals surface area contributed by atoms with Crippen LogP contribution in [0.2, 0.25) is 0 Å². The summed E-state index contributed by atoms with van der Waals surface area (Å²) in [4.78, 5) is 8.37. The van der Waals surface area contributed by atoms with Crippen molar-refractivity contribution < 1.29 is 0 Å². The summed E-state index contributed by atoms with van der Waals surface area (Å²) in [7, 11) is 0. The topological polar surface area (TPSA) is 73.4 Å². The Kier molecular flexibility index (Phi) is 3.35. The van der Waals surface area contributed by atoms with Crippen molar-refractivity contribution >= 4 is 27.0 Å². The molecule has 0 amide bonds. The SMILES string of the molecule is N#Cc1nc2ccc(-c3ccc(Br)cc3)cc2nc1C#N. The lowest BCUT2D eigenvalue weighted by Crippen LogP contribution is -1.95. The zero-order valence-electron chi connectivity index (χ0n) is 10.7. The number of nitriles is 2. The van der Waals surface area contributed by atoms with Gasteiger partial charge in [0.05, 0.1) is 11.0 Å². The summed E-state index contributed by atoms with van der Waals surface area (Å²) in [6.07, 6.45) is 0. The lowest BCUT2D eigenvalue weighted by atomic mass is 10.1. The van der Waals surface area contributed by atoms with Crippen molar-refractivity contribution in [2.24, 2.45) is 0 Å². The Labute approximate surface area is 129 Å². The molecule has 0 radical (unpaired) electrons. The van der Waals surface area contributed by atoms with Crippen LogP contribution in [0.1, 0.15) is 11.4 Å². The van der Waals surface area contributed by atoms with Gasteiger partial charge in [0.15, 0.2) is 11.4 Å². The van der Waals surface area contributed by atoms with Crippen LogP contribution >= 0.6 is 15.9 Å². The molecule has 0 bridgehead atoms. The van der Waals surface area contributed by atoms with E-state index in [9.17, 15) is 0 Å². The molecule has 1 aromatic heterocycles. The molecule has 4 nitrogen and oxygen atoms in total. The number of benzene rings is 2. The molecule has 5 heteroatoms. The van der Waals surface area contributed by atoms with Crippen molar-refractivity contribution in [1.29, 1.82) is 10.5 Å². The molecule has 3 rings (SSSR count). The summed E-state index contributed by atoms with van der Waals surface area (Å²) in [6, 6.07) is 17.3. The van der Waals surface area contributed by atoms with Gasteiger partial charge in [-0.05, 0) is 35.4 Å². The Balaban J connectivity index is 2.18. The van der Waals surface area contributed by atoms with Gasteiger partial charge in [0, 0.05) is 4.47 Å². The van der Waals surface area contributed by atoms with Gasteiger partial charge in [-0.1, -0.05) is 34.1 Å². The lowest BCUT2D eigenvalue weighted by molar-refractivity contribution is 1.20. The van der Waals surface area contributed by atoms with Gasteiger partial charge in [0.1, 0.15) is 12.1 Å². The fraction of sp³-hybridized carbons (Fsp3) is 0. The maximum absolute atomic E-state index is 9.02. The van der Waals surface area contributed by atoms with Gasteiger partial charge >= 0.3 is 0 Å². The van der Waals surface area contributed by atoms with Crippen LogP contribution in [0.4, 0.5) is 0 Å². The largest absolute Gasteiger partial charge is 0.232 e. The Morgan fingerprint density at radius 2 is 1.33 bits per heavy atom. The van der Waals surface area contributed by atoms with Gasteiger partial charge in [-0.3, -0.25) is 0 Å². The molecule has 0 atom stereocenters. The molecule has 2 aromatic carbocycles. The molecule has 0 spiro atoms. The van der Waals surface area contributed by atoms with E-state index in [0.717, 1.165) is 15.6 Å². The van der Waals surface area contributed by atoms with E-state index in [2.05, 4.69) is 25.9 Å². The van der Waals surface area contributed by atoms with Crippen molar-refractivity contribution in [3.8, 4) is 23.3 Å². The van der Waals surface area contributed by atoms with E-state index in [4.69, 9.17) is 10.5 Å². The number of aromatic nitrogens is 2. The number of fused-ring (bicyclic) bond motifs is 1. The van der Waals surface area contributed by atoms with Gasteiger partial charge in [-0.2, -0.15) is 10.5 Å². The van der Waals surface area contributed by atoms with Gasteiger partial charge in [0.25, 0.3) is 0 Å². The van der Waals surface area contributed by atoms with E-state index < -0.39 is 0 Å². The molecule has 3 aromatic rings. The minimum absolute atomic E-state index is 0.0537. The highest BCUT2D eigenvalue weighted by Crippen LogP contribution is 2.24. The highest BCUT2D eigenvalue weighted by Gasteiger charge is 2.08. The van der Waals surface area contributed by atoms with Crippen LogP contribution in [0.3, 0.4) is 0 Å². The summed E-state index contributed by atoms with van der Waals surface area (Å²) in [5, 5.41) is 18.0. The van der Waals surface area contributed by atoms with Gasteiger partial charge in [-0.15, -0.1) is 0 Å². The normalized spacial score (nSPS) is 10.0. The van der Waals surface area contributed by atoms with Crippen LogP contribution in [0, 0.1) is 22.7 Å². The van der Waals surface area contributed by atoms with Crippen molar-refractivity contribution in [2.45, 2.75) is 0 Å². The first kappa shape index (κ1) is 13.2. The molecule has 0 saturated carbocycles. The Morgan fingerprint density at radius 3 is 1.95 bits per heavy atom. The average Bonchev–Trinajstić information content (AvgIpc) is 2.53. The van der Waals surface area contributed by atoms with E-state index in [-0.39, 0.29) is 11.4 Å². The number of nitrogens with zero attached hydrogens (tertiary/aromatic N) is 4. The number of rotatable bonds is 1. The van der Waals surface area contributed by atoms with Crippen LogP contribution in [-0.2, 0) is 0 Å². The first-order valence-corrected chi connectivity index (χ1v) is 6.88. The minimum Gasteiger partial charge on any atom is -0.232 e. The van der Waals surface area contributed by atoms with Crippen LogP contribution in [0.25, 0.3) is 22.2 Å². The summed E-state index contributed by atoms with van der Waals surface area (Å²) in [5.41, 5.74) is 3.35. The monoisotopic (exact) mass is 334 g/mol. The first-order valence-electron chi connectivity index (χ1n) is 6.09. The third kappa shape index (κ3) is 2.47. The number of hydrogen-bond donors (Lipinski definition) is 0. The molecule has 0 unspecified atom stereocenters. The molecule has 0 N–H and O–H groups in total. The van der Waals surface area contributed by atoms with E-state index in [1.165, 1.54) is 0 Å². The zero-order chi connectivity index (χ0) is 14.8. The van der Waals surface area contributed by atoms with Gasteiger partial charge < -0.3 is 0 Å². The smallest absolute Gasteiger partial charge is 0.177 e. The van der Waals surface area contributed by atoms with E-state index in [1.807, 2.05) is 54.6 Å². The maximum Gasteiger partial charge on any atom is 0.177 e. The average molecular weight is 335 g/mol. The third-order valence-corrected chi connectivity index (χ3v) is 3.58.